The van der Waals surface area contributed by atoms with Crippen LogP contribution in [0.2, 0.25) is 0 Å². The summed E-state index contributed by atoms with van der Waals surface area (Å²) in [6.07, 6.45) is 1.53. The summed E-state index contributed by atoms with van der Waals surface area (Å²) >= 11 is 0. The van der Waals surface area contributed by atoms with Crippen molar-refractivity contribution in [3.05, 3.63) is 42.2 Å². The average Bonchev–Trinajstić information content (AvgIpc) is 2.34. The van der Waals surface area contributed by atoms with Gasteiger partial charge in [0.05, 0.1) is 6.61 Å². The highest BCUT2D eigenvalue weighted by Gasteiger charge is 2.21. The molecule has 1 aromatic rings. The van der Waals surface area contributed by atoms with E-state index < -0.39 is 11.7 Å². The van der Waals surface area contributed by atoms with Crippen molar-refractivity contribution in [3.8, 4) is 5.75 Å². The summed E-state index contributed by atoms with van der Waals surface area (Å²) in [5.41, 5.74) is -0.324. The van der Waals surface area contributed by atoms with Gasteiger partial charge in [-0.1, -0.05) is 12.1 Å². The highest BCUT2D eigenvalue weighted by Crippen LogP contribution is 2.21. The standard InChI is InChI=1S/C13H16FNO3/c1-3-7-15(8-9-18-2)13(17)12-10(14)5-4-6-11(12)16/h3-6,16H,1,7-9H2,2H3. The van der Waals surface area contributed by atoms with Crippen LogP contribution in [-0.2, 0) is 4.74 Å². The minimum absolute atomic E-state index is 0.260. The van der Waals surface area contributed by atoms with Crippen molar-refractivity contribution < 1.29 is 19.0 Å². The van der Waals surface area contributed by atoms with Gasteiger partial charge in [0.25, 0.3) is 5.91 Å². The monoisotopic (exact) mass is 253 g/mol. The molecule has 0 aliphatic carbocycles. The van der Waals surface area contributed by atoms with Gasteiger partial charge in [0.2, 0.25) is 0 Å². The number of phenols is 1. The Labute approximate surface area is 105 Å². The van der Waals surface area contributed by atoms with Gasteiger partial charge in [0.15, 0.2) is 0 Å². The number of hydrogen-bond acceptors (Lipinski definition) is 3. The van der Waals surface area contributed by atoms with Gasteiger partial charge in [-0.3, -0.25) is 4.79 Å². The van der Waals surface area contributed by atoms with E-state index in [4.69, 9.17) is 4.74 Å². The molecule has 1 N–H and O–H groups in total. The van der Waals surface area contributed by atoms with E-state index in [1.807, 2.05) is 0 Å². The number of phenolic OH excluding ortho intramolecular Hbond substituents is 1. The Morgan fingerprint density at radius 1 is 1.61 bits per heavy atom. The third-order valence-corrected chi connectivity index (χ3v) is 2.41. The molecule has 1 aromatic carbocycles. The van der Waals surface area contributed by atoms with Gasteiger partial charge in [-0.25, -0.2) is 4.39 Å². The Morgan fingerprint density at radius 2 is 2.33 bits per heavy atom. The summed E-state index contributed by atoms with van der Waals surface area (Å²) < 4.78 is 18.4. The SMILES string of the molecule is C=CCN(CCOC)C(=O)c1c(O)cccc1F. The number of ether oxygens (including phenoxy) is 1. The molecule has 0 unspecified atom stereocenters. The van der Waals surface area contributed by atoms with Crippen molar-refractivity contribution >= 4 is 5.91 Å². The van der Waals surface area contributed by atoms with E-state index in [1.54, 1.807) is 0 Å². The molecule has 0 aliphatic heterocycles. The molecule has 18 heavy (non-hydrogen) atoms. The number of aromatic hydroxyl groups is 1. The molecule has 98 valence electrons. The van der Waals surface area contributed by atoms with Gasteiger partial charge < -0.3 is 14.7 Å². The maximum absolute atomic E-state index is 13.6. The van der Waals surface area contributed by atoms with Gasteiger partial charge >= 0.3 is 0 Å². The fraction of sp³-hybridized carbons (Fsp3) is 0.308. The molecule has 0 bridgehead atoms. The predicted octanol–water partition coefficient (Wildman–Crippen LogP) is 1.81. The smallest absolute Gasteiger partial charge is 0.260 e. The molecule has 4 nitrogen and oxygen atoms in total. The normalized spacial score (nSPS) is 10.1. The lowest BCUT2D eigenvalue weighted by Gasteiger charge is -2.21. The topological polar surface area (TPSA) is 49.8 Å². The molecule has 0 fully saturated rings. The van der Waals surface area contributed by atoms with Gasteiger partial charge in [-0.2, -0.15) is 0 Å². The largest absolute Gasteiger partial charge is 0.507 e. The minimum Gasteiger partial charge on any atom is -0.507 e. The minimum atomic E-state index is -0.744. The van der Waals surface area contributed by atoms with Crippen LogP contribution in [0.5, 0.6) is 5.75 Å². The molecule has 0 heterocycles. The molecule has 1 amide bonds. The van der Waals surface area contributed by atoms with Crippen molar-refractivity contribution in [2.45, 2.75) is 0 Å². The highest BCUT2D eigenvalue weighted by atomic mass is 19.1. The number of carbonyl (C=O) groups excluding carboxylic acids is 1. The zero-order chi connectivity index (χ0) is 13.5. The number of halogens is 1. The first-order valence-electron chi connectivity index (χ1n) is 5.48. The summed E-state index contributed by atoms with van der Waals surface area (Å²) in [7, 11) is 1.51. The van der Waals surface area contributed by atoms with E-state index in [0.29, 0.717) is 13.2 Å². The average molecular weight is 253 g/mol. The Balaban J connectivity index is 2.97. The van der Waals surface area contributed by atoms with Crippen LogP contribution in [0.4, 0.5) is 4.39 Å². The van der Waals surface area contributed by atoms with Crippen LogP contribution in [0.1, 0.15) is 10.4 Å². The van der Waals surface area contributed by atoms with E-state index in [9.17, 15) is 14.3 Å². The first kappa shape index (κ1) is 14.2. The summed E-state index contributed by atoms with van der Waals surface area (Å²) in [6, 6.07) is 3.75. The first-order chi connectivity index (χ1) is 8.61. The fourth-order valence-electron chi connectivity index (χ4n) is 1.52. The molecule has 0 radical (unpaired) electrons. The number of nitrogens with zero attached hydrogens (tertiary/aromatic N) is 1. The van der Waals surface area contributed by atoms with E-state index in [2.05, 4.69) is 6.58 Å². The maximum atomic E-state index is 13.6. The second-order valence-corrected chi connectivity index (χ2v) is 3.67. The van der Waals surface area contributed by atoms with Crippen LogP contribution < -0.4 is 0 Å². The van der Waals surface area contributed by atoms with Gasteiger partial charge in [-0.05, 0) is 12.1 Å². The third-order valence-electron chi connectivity index (χ3n) is 2.41. The van der Waals surface area contributed by atoms with Crippen LogP contribution in [0, 0.1) is 5.82 Å². The van der Waals surface area contributed by atoms with Crippen molar-refractivity contribution in [1.82, 2.24) is 4.90 Å². The number of carbonyl (C=O) groups is 1. The summed E-state index contributed by atoms with van der Waals surface area (Å²) in [5, 5.41) is 9.56. The number of benzene rings is 1. The summed E-state index contributed by atoms with van der Waals surface area (Å²) in [4.78, 5) is 13.5. The Bertz CT molecular complexity index is 414. The van der Waals surface area contributed by atoms with Crippen molar-refractivity contribution in [2.24, 2.45) is 0 Å². The van der Waals surface area contributed by atoms with Crippen LogP contribution in [0.3, 0.4) is 0 Å². The number of hydrogen-bond donors (Lipinski definition) is 1. The van der Waals surface area contributed by atoms with Crippen molar-refractivity contribution in [3.63, 3.8) is 0 Å². The molecule has 0 aromatic heterocycles. The third kappa shape index (κ3) is 3.30. The molecular weight excluding hydrogens is 237 g/mol. The van der Waals surface area contributed by atoms with Crippen LogP contribution in [0.15, 0.2) is 30.9 Å². The lowest BCUT2D eigenvalue weighted by molar-refractivity contribution is 0.0710. The molecule has 0 aliphatic rings. The fourth-order valence-corrected chi connectivity index (χ4v) is 1.52. The highest BCUT2D eigenvalue weighted by molar-refractivity contribution is 5.97. The summed E-state index contributed by atoms with van der Waals surface area (Å²) in [5.74, 6) is -1.69. The Hall–Kier alpha value is -1.88. The maximum Gasteiger partial charge on any atom is 0.260 e. The zero-order valence-electron chi connectivity index (χ0n) is 10.2. The second kappa shape index (κ2) is 6.76. The van der Waals surface area contributed by atoms with E-state index in [-0.39, 0.29) is 17.9 Å². The Kier molecular flexibility index (Phi) is 5.32. The number of methoxy groups -OCH3 is 1. The Morgan fingerprint density at radius 3 is 2.89 bits per heavy atom. The number of amides is 1. The van der Waals surface area contributed by atoms with Crippen LogP contribution in [-0.4, -0.2) is 42.7 Å². The van der Waals surface area contributed by atoms with Gasteiger partial charge in [-0.15, -0.1) is 6.58 Å². The molecule has 1 rings (SSSR count). The van der Waals surface area contributed by atoms with Crippen LogP contribution >= 0.6 is 0 Å². The second-order valence-electron chi connectivity index (χ2n) is 3.67. The van der Waals surface area contributed by atoms with E-state index in [1.165, 1.54) is 30.2 Å². The lowest BCUT2D eigenvalue weighted by Crippen LogP contribution is -2.34. The molecule has 0 saturated heterocycles. The predicted molar refractivity (Wildman–Crippen MR) is 66.0 cm³/mol. The van der Waals surface area contributed by atoms with E-state index >= 15 is 0 Å². The lowest BCUT2D eigenvalue weighted by atomic mass is 10.1. The molecule has 0 atom stereocenters. The summed E-state index contributed by atoms with van der Waals surface area (Å²) in [6.45, 7) is 4.43. The molecule has 5 heteroatoms. The van der Waals surface area contributed by atoms with Gasteiger partial charge in [0.1, 0.15) is 17.1 Å². The van der Waals surface area contributed by atoms with Crippen molar-refractivity contribution in [1.29, 1.82) is 0 Å². The number of rotatable bonds is 6. The van der Waals surface area contributed by atoms with E-state index in [0.717, 1.165) is 6.07 Å². The van der Waals surface area contributed by atoms with Gasteiger partial charge in [0, 0.05) is 20.2 Å². The zero-order valence-corrected chi connectivity index (χ0v) is 10.2. The van der Waals surface area contributed by atoms with Crippen LogP contribution in [0.25, 0.3) is 0 Å². The molecule has 0 saturated carbocycles. The van der Waals surface area contributed by atoms with Crippen molar-refractivity contribution in [2.75, 3.05) is 26.8 Å². The molecule has 0 spiro atoms. The molecular formula is C13H16FNO3. The first-order valence-corrected chi connectivity index (χ1v) is 5.48. The quantitative estimate of drug-likeness (QED) is 0.786.